The normalized spacial score (nSPS) is 14.7. The van der Waals surface area contributed by atoms with Gasteiger partial charge in [-0.3, -0.25) is 14.6 Å². The van der Waals surface area contributed by atoms with E-state index in [0.717, 1.165) is 15.9 Å². The lowest BCUT2D eigenvalue weighted by atomic mass is 9.77. The third-order valence-electron chi connectivity index (χ3n) is 8.79. The molecule has 0 saturated carbocycles. The SMILES string of the molecule is CC1=C(CN(CC(=O)[O-])CC(=O)[O-])C(=O)C(C(C)C)=C/C1=C(/c1ccccc1S(=O)(=O)[O-])c1cc(C(C)C)c(O)c(CN(CC(=O)[O-])CC(=O)[O-])c1C. The first-order chi connectivity index (χ1) is 24.5. The van der Waals surface area contributed by atoms with Crippen molar-refractivity contribution in [2.75, 3.05) is 32.7 Å². The summed E-state index contributed by atoms with van der Waals surface area (Å²) in [4.78, 5) is 61.4. The maximum atomic E-state index is 14.0. The van der Waals surface area contributed by atoms with Gasteiger partial charge in [0.1, 0.15) is 15.9 Å². The van der Waals surface area contributed by atoms with Crippen LogP contribution in [0.1, 0.15) is 68.4 Å². The van der Waals surface area contributed by atoms with E-state index in [2.05, 4.69) is 0 Å². The summed E-state index contributed by atoms with van der Waals surface area (Å²) in [5.41, 5.74) is 1.21. The minimum absolute atomic E-state index is 0.0384. The van der Waals surface area contributed by atoms with Crippen LogP contribution in [0.15, 0.2) is 63.6 Å². The third kappa shape index (κ3) is 10.3. The topological polar surface area (TPSA) is 261 Å². The van der Waals surface area contributed by atoms with Crippen molar-refractivity contribution in [3.05, 3.63) is 86.5 Å². The number of hydrogen-bond donors (Lipinski definition) is 1. The van der Waals surface area contributed by atoms with E-state index in [4.69, 9.17) is 0 Å². The van der Waals surface area contributed by atoms with Crippen molar-refractivity contribution in [3.8, 4) is 5.75 Å². The average Bonchev–Trinajstić information content (AvgIpc) is 3.01. The number of Topliss-reactive ketones (excluding diaryl/α,β-unsaturated/α-hetero) is 1. The molecule has 1 aliphatic carbocycles. The Hall–Kier alpha value is -5.16. The molecule has 15 nitrogen and oxygen atoms in total. The highest BCUT2D eigenvalue weighted by molar-refractivity contribution is 7.85. The van der Waals surface area contributed by atoms with Crippen LogP contribution >= 0.6 is 0 Å². The molecule has 0 heterocycles. The second-order valence-electron chi connectivity index (χ2n) is 13.3. The summed E-state index contributed by atoms with van der Waals surface area (Å²) in [6, 6.07) is 6.78. The second kappa shape index (κ2) is 17.1. The first kappa shape index (κ1) is 42.3. The highest BCUT2D eigenvalue weighted by Gasteiger charge is 2.32. The standard InChI is InChI=1S/C37H44N2O13S/c1-19(2)24-11-26(21(5)28(36(24)48)13-38(15-31(40)41)16-32(42)43)35(23-9-7-8-10-30(23)53(50,51)52)27-12-25(20(3)4)37(49)29(22(27)6)14-39(17-33(44)45)18-34(46)47/h7-12,19-20,48H,13-18H2,1-6H3,(H,40,41)(H,42,43)(H,44,45)(H,46,47)(H,50,51,52)/p-5/b35-27+. The quantitative estimate of drug-likeness (QED) is 0.173. The fourth-order valence-corrected chi connectivity index (χ4v) is 6.98. The molecular weight excluding hydrogens is 712 g/mol. The number of carbonyl (C=O) groups excluding carboxylic acids is 5. The minimum Gasteiger partial charge on any atom is -0.744 e. The van der Waals surface area contributed by atoms with Crippen LogP contribution in [0.2, 0.25) is 0 Å². The number of ketones is 1. The van der Waals surface area contributed by atoms with Crippen LogP contribution in [0, 0.1) is 12.8 Å². The van der Waals surface area contributed by atoms with Crippen molar-refractivity contribution in [1.82, 2.24) is 9.80 Å². The highest BCUT2D eigenvalue weighted by atomic mass is 32.2. The van der Waals surface area contributed by atoms with Gasteiger partial charge in [-0.15, -0.1) is 0 Å². The van der Waals surface area contributed by atoms with E-state index in [-0.39, 0.29) is 61.4 Å². The van der Waals surface area contributed by atoms with Crippen molar-refractivity contribution < 1.29 is 62.5 Å². The van der Waals surface area contributed by atoms with E-state index < -0.39 is 95.8 Å². The summed E-state index contributed by atoms with van der Waals surface area (Å²) in [6.45, 7) is 5.40. The van der Waals surface area contributed by atoms with Gasteiger partial charge in [0.05, 0.1) is 28.8 Å². The maximum Gasteiger partial charge on any atom is 0.186 e. The first-order valence-corrected chi connectivity index (χ1v) is 17.8. The van der Waals surface area contributed by atoms with E-state index >= 15 is 0 Å². The molecule has 0 aromatic heterocycles. The molecule has 16 heteroatoms. The number of aromatic hydroxyl groups is 1. The van der Waals surface area contributed by atoms with Crippen LogP contribution in [0.5, 0.6) is 5.75 Å². The Balaban J connectivity index is 2.64. The van der Waals surface area contributed by atoms with Crippen molar-refractivity contribution in [2.24, 2.45) is 5.92 Å². The van der Waals surface area contributed by atoms with Gasteiger partial charge >= 0.3 is 0 Å². The van der Waals surface area contributed by atoms with E-state index in [1.165, 1.54) is 38.1 Å². The Kier molecular flexibility index (Phi) is 13.6. The lowest BCUT2D eigenvalue weighted by molar-refractivity contribution is -0.313. The van der Waals surface area contributed by atoms with Crippen LogP contribution in [0.4, 0.5) is 0 Å². The van der Waals surface area contributed by atoms with Crippen molar-refractivity contribution in [3.63, 3.8) is 0 Å². The molecule has 3 rings (SSSR count). The Morgan fingerprint density at radius 2 is 1.26 bits per heavy atom. The molecule has 0 unspecified atom stereocenters. The smallest absolute Gasteiger partial charge is 0.186 e. The first-order valence-electron chi connectivity index (χ1n) is 16.4. The Bertz CT molecular complexity index is 2010. The summed E-state index contributed by atoms with van der Waals surface area (Å²) in [6.07, 6.45) is 1.50. The van der Waals surface area contributed by atoms with Gasteiger partial charge in [-0.25, -0.2) is 8.42 Å². The van der Waals surface area contributed by atoms with Gasteiger partial charge in [0.25, 0.3) is 0 Å². The number of allylic oxidation sites excluding steroid dienone is 4. The summed E-state index contributed by atoms with van der Waals surface area (Å²) < 4.78 is 38.3. The molecule has 53 heavy (non-hydrogen) atoms. The van der Waals surface area contributed by atoms with Gasteiger partial charge in [0.2, 0.25) is 0 Å². The number of aliphatic carboxylic acids is 4. The number of phenols is 1. The molecule has 0 radical (unpaired) electrons. The van der Waals surface area contributed by atoms with Crippen LogP contribution < -0.4 is 20.4 Å². The van der Waals surface area contributed by atoms with Gasteiger partial charge < -0.3 is 49.3 Å². The summed E-state index contributed by atoms with van der Waals surface area (Å²) >= 11 is 0. The largest absolute Gasteiger partial charge is 0.744 e. The molecule has 0 saturated heterocycles. The second-order valence-corrected chi connectivity index (χ2v) is 14.7. The molecule has 286 valence electrons. The number of nitrogens with zero attached hydrogens (tertiary/aromatic N) is 2. The lowest BCUT2D eigenvalue weighted by Gasteiger charge is -2.31. The Morgan fingerprint density at radius 1 is 0.774 bits per heavy atom. The number of carboxylic acids is 4. The average molecular weight is 752 g/mol. The Labute approximate surface area is 306 Å². The maximum absolute atomic E-state index is 14.0. The number of carboxylic acid groups (broad SMARTS) is 4. The monoisotopic (exact) mass is 751 g/mol. The molecule has 1 N–H and O–H groups in total. The van der Waals surface area contributed by atoms with E-state index in [1.807, 2.05) is 0 Å². The van der Waals surface area contributed by atoms with Gasteiger partial charge in [-0.1, -0.05) is 45.9 Å². The van der Waals surface area contributed by atoms with Crippen LogP contribution in [-0.4, -0.2) is 90.3 Å². The number of hydrogen-bond acceptors (Lipinski definition) is 15. The van der Waals surface area contributed by atoms with Gasteiger partial charge in [0, 0.05) is 61.5 Å². The van der Waals surface area contributed by atoms with Crippen LogP contribution in [0.25, 0.3) is 5.57 Å². The molecule has 0 atom stereocenters. The Morgan fingerprint density at radius 3 is 1.72 bits per heavy atom. The number of benzene rings is 2. The summed E-state index contributed by atoms with van der Waals surface area (Å²) in [5.74, 6) is -8.24. The fourth-order valence-electron chi connectivity index (χ4n) is 6.29. The molecule has 0 bridgehead atoms. The molecule has 1 aliphatic rings. The molecule has 0 amide bonds. The lowest BCUT2D eigenvalue weighted by Crippen LogP contribution is -2.45. The van der Waals surface area contributed by atoms with Crippen molar-refractivity contribution >= 4 is 45.4 Å². The number of carbonyl (C=O) groups is 5. The van der Waals surface area contributed by atoms with Crippen LogP contribution in [0.3, 0.4) is 0 Å². The van der Waals surface area contributed by atoms with Crippen LogP contribution in [-0.2, 0) is 40.6 Å². The van der Waals surface area contributed by atoms with Gasteiger partial charge in [0.15, 0.2) is 5.78 Å². The van der Waals surface area contributed by atoms with Gasteiger partial charge in [-0.2, -0.15) is 0 Å². The number of rotatable bonds is 17. The summed E-state index contributed by atoms with van der Waals surface area (Å²) in [5, 5.41) is 57.7. The molecule has 2 aromatic rings. The predicted molar refractivity (Wildman–Crippen MR) is 180 cm³/mol. The molecule has 2 aromatic carbocycles. The summed E-state index contributed by atoms with van der Waals surface area (Å²) in [7, 11) is -5.19. The van der Waals surface area contributed by atoms with Gasteiger partial charge in [-0.05, 0) is 77.3 Å². The van der Waals surface area contributed by atoms with E-state index in [9.17, 15) is 62.5 Å². The molecule has 0 fully saturated rings. The fraction of sp³-hybridized carbons (Fsp3) is 0.378. The zero-order chi connectivity index (χ0) is 40.1. The number of phenolic OH excluding ortho intramolecular Hbond substituents is 1. The molecular formula is C37H39N2O13S-5. The third-order valence-corrected chi connectivity index (χ3v) is 9.69. The predicted octanol–water partition coefficient (Wildman–Crippen LogP) is -1.88. The van der Waals surface area contributed by atoms with E-state index in [0.29, 0.717) is 0 Å². The highest BCUT2D eigenvalue weighted by Crippen LogP contribution is 2.44. The van der Waals surface area contributed by atoms with Crippen molar-refractivity contribution in [2.45, 2.75) is 58.9 Å². The molecule has 0 spiro atoms. The zero-order valence-corrected chi connectivity index (χ0v) is 30.8. The van der Waals surface area contributed by atoms with E-state index in [1.54, 1.807) is 33.8 Å². The minimum atomic E-state index is -5.19. The zero-order valence-electron chi connectivity index (χ0n) is 30.0. The van der Waals surface area contributed by atoms with Crippen molar-refractivity contribution in [1.29, 1.82) is 0 Å². The molecule has 0 aliphatic heterocycles.